The molecule has 9 nitrogen and oxygen atoms in total. The first-order valence-electron chi connectivity index (χ1n) is 25.4. The number of aliphatic hydroxyl groups is 2. The van der Waals surface area contributed by atoms with E-state index < -0.39 is 45.8 Å². The lowest BCUT2D eigenvalue weighted by Gasteiger charge is -2.20. The minimum absolute atomic E-state index is 0.0252. The van der Waals surface area contributed by atoms with Crippen molar-refractivity contribution in [1.29, 1.82) is 0 Å². The van der Waals surface area contributed by atoms with Gasteiger partial charge in [0.05, 0.1) is 26.4 Å². The summed E-state index contributed by atoms with van der Waals surface area (Å²) in [5.41, 5.74) is 0. The molecule has 0 radical (unpaired) electrons. The summed E-state index contributed by atoms with van der Waals surface area (Å²) in [5.74, 6) is -0.393. The Balaban J connectivity index is 4.16. The molecule has 0 heterocycles. The van der Waals surface area contributed by atoms with E-state index in [-0.39, 0.29) is 13.0 Å². The quantitative estimate of drug-likeness (QED) is 0.0236. The number of esters is 1. The number of carbonyl (C=O) groups excluding carboxylic acids is 1. The SMILES string of the molecule is CC/C=C\C/C=C\C/C=C\C/C=C\C/C=C\C/C=C\CCCCCOCC(COP(=O)(O)OCC(O)CO)OC(=O)CCCCCCCCCCCCCCCCCCCCCC. The largest absolute Gasteiger partial charge is 0.472 e. The highest BCUT2D eigenvalue weighted by Gasteiger charge is 2.26. The molecule has 0 aliphatic carbocycles. The molecule has 0 amide bonds. The highest BCUT2D eigenvalue weighted by Crippen LogP contribution is 2.43. The van der Waals surface area contributed by atoms with E-state index in [4.69, 9.17) is 23.6 Å². The molecule has 0 fully saturated rings. The van der Waals surface area contributed by atoms with Gasteiger partial charge in [-0.3, -0.25) is 13.8 Å². The first-order valence-corrected chi connectivity index (χ1v) is 26.9. The average molecular weight is 907 g/mol. The van der Waals surface area contributed by atoms with Gasteiger partial charge in [-0.2, -0.15) is 0 Å². The van der Waals surface area contributed by atoms with Crippen LogP contribution in [0.2, 0.25) is 0 Å². The molecule has 3 unspecified atom stereocenters. The molecule has 0 aromatic carbocycles. The highest BCUT2D eigenvalue weighted by atomic mass is 31.2. The number of phosphoric acid groups is 1. The maximum Gasteiger partial charge on any atom is 0.472 e. The third-order valence-electron chi connectivity index (χ3n) is 10.7. The van der Waals surface area contributed by atoms with Crippen molar-refractivity contribution in [3.8, 4) is 0 Å². The number of phosphoric ester groups is 1. The van der Waals surface area contributed by atoms with Gasteiger partial charge in [0.15, 0.2) is 0 Å². The van der Waals surface area contributed by atoms with Crippen molar-refractivity contribution >= 4 is 13.8 Å². The molecule has 0 spiro atoms. The van der Waals surface area contributed by atoms with Crippen molar-refractivity contribution in [2.45, 2.75) is 225 Å². The predicted molar refractivity (Wildman–Crippen MR) is 265 cm³/mol. The van der Waals surface area contributed by atoms with E-state index in [0.717, 1.165) is 83.5 Å². The first-order chi connectivity index (χ1) is 30.8. The number of carbonyl (C=O) groups is 1. The number of ether oxygens (including phenoxy) is 2. The molecule has 0 saturated carbocycles. The van der Waals surface area contributed by atoms with Gasteiger partial charge in [-0.1, -0.05) is 215 Å². The Morgan fingerprint density at radius 2 is 0.905 bits per heavy atom. The average Bonchev–Trinajstić information content (AvgIpc) is 3.28. The molecule has 0 aliphatic heterocycles. The lowest BCUT2D eigenvalue weighted by atomic mass is 10.0. The number of unbranched alkanes of at least 4 members (excludes halogenated alkanes) is 22. The zero-order chi connectivity index (χ0) is 46.0. The molecule has 0 bridgehead atoms. The lowest BCUT2D eigenvalue weighted by Crippen LogP contribution is -2.29. The van der Waals surface area contributed by atoms with Gasteiger partial charge in [0.25, 0.3) is 0 Å². The Kier molecular flexibility index (Phi) is 47.7. The van der Waals surface area contributed by atoms with Crippen molar-refractivity contribution < 1.29 is 43.0 Å². The maximum atomic E-state index is 12.7. The summed E-state index contributed by atoms with van der Waals surface area (Å²) in [7, 11) is -4.54. The first kappa shape index (κ1) is 60.9. The standard InChI is InChI=1S/C53H95O9P/c1-3-5-7-9-11-13-15-17-19-21-23-25-26-28-30-32-34-36-38-40-42-44-46-59-49-52(50-61-63(57,58)60-48-51(55)47-54)62-53(56)45-43-41-39-37-35-33-31-29-27-24-22-20-18-16-14-12-10-8-6-4-2/h5,7,11,13,17,19,23,25,28,30,34,36,51-52,54-55H,3-4,6,8-10,12,14-16,18,20-22,24,26-27,29,31-33,35,37-50H2,1-2H3,(H,57,58)/b7-5-,13-11-,19-17-,25-23-,30-28-,36-34-. The summed E-state index contributed by atoms with van der Waals surface area (Å²) in [6, 6.07) is 0. The molecule has 0 rings (SSSR count). The second kappa shape index (κ2) is 49.3. The normalized spacial score (nSPS) is 14.4. The van der Waals surface area contributed by atoms with Crippen LogP contribution in [0, 0.1) is 0 Å². The fourth-order valence-corrected chi connectivity index (χ4v) is 7.62. The van der Waals surface area contributed by atoms with Gasteiger partial charge in [-0.15, -0.1) is 0 Å². The summed E-state index contributed by atoms with van der Waals surface area (Å²) in [6.45, 7) is 3.34. The summed E-state index contributed by atoms with van der Waals surface area (Å²) in [5, 5.41) is 18.4. The van der Waals surface area contributed by atoms with Crippen LogP contribution in [0.25, 0.3) is 0 Å². The lowest BCUT2D eigenvalue weighted by molar-refractivity contribution is -0.154. The zero-order valence-electron chi connectivity index (χ0n) is 40.3. The predicted octanol–water partition coefficient (Wildman–Crippen LogP) is 14.9. The highest BCUT2D eigenvalue weighted by molar-refractivity contribution is 7.47. The van der Waals surface area contributed by atoms with E-state index in [1.165, 1.54) is 109 Å². The van der Waals surface area contributed by atoms with Crippen LogP contribution >= 0.6 is 7.82 Å². The summed E-state index contributed by atoms with van der Waals surface area (Å²) in [4.78, 5) is 22.7. The number of allylic oxidation sites excluding steroid dienone is 12. The van der Waals surface area contributed by atoms with Crippen molar-refractivity contribution in [3.05, 3.63) is 72.9 Å². The minimum Gasteiger partial charge on any atom is -0.457 e. The van der Waals surface area contributed by atoms with Gasteiger partial charge in [-0.05, 0) is 64.2 Å². The van der Waals surface area contributed by atoms with Gasteiger partial charge >= 0.3 is 13.8 Å². The van der Waals surface area contributed by atoms with Crippen LogP contribution in [0.5, 0.6) is 0 Å². The van der Waals surface area contributed by atoms with Crippen molar-refractivity contribution in [2.24, 2.45) is 0 Å². The molecule has 3 atom stereocenters. The molecule has 366 valence electrons. The van der Waals surface area contributed by atoms with Crippen molar-refractivity contribution in [3.63, 3.8) is 0 Å². The minimum atomic E-state index is -4.54. The smallest absolute Gasteiger partial charge is 0.457 e. The Bertz CT molecular complexity index is 1210. The molecule has 10 heteroatoms. The molecular weight excluding hydrogens is 812 g/mol. The molecule has 0 aromatic heterocycles. The number of hydrogen-bond acceptors (Lipinski definition) is 8. The summed E-state index contributed by atoms with van der Waals surface area (Å²) >= 11 is 0. The van der Waals surface area contributed by atoms with Crippen molar-refractivity contribution in [1.82, 2.24) is 0 Å². The van der Waals surface area contributed by atoms with Gasteiger partial charge in [0.1, 0.15) is 12.2 Å². The number of aliphatic hydroxyl groups excluding tert-OH is 2. The Hall–Kier alpha value is -2.10. The van der Waals surface area contributed by atoms with Crippen LogP contribution in [-0.4, -0.2) is 66.3 Å². The second-order valence-electron chi connectivity index (χ2n) is 16.8. The fraction of sp³-hybridized carbons (Fsp3) is 0.755. The third kappa shape index (κ3) is 49.2. The van der Waals surface area contributed by atoms with Gasteiger partial charge < -0.3 is 24.6 Å². The fourth-order valence-electron chi connectivity index (χ4n) is 6.83. The second-order valence-corrected chi connectivity index (χ2v) is 18.3. The Morgan fingerprint density at radius 1 is 0.508 bits per heavy atom. The summed E-state index contributed by atoms with van der Waals surface area (Å²) in [6.07, 6.45) is 60.1. The van der Waals surface area contributed by atoms with E-state index in [1.807, 2.05) is 0 Å². The molecule has 0 aliphatic rings. The Labute approximate surface area is 386 Å². The molecule has 3 N–H and O–H groups in total. The zero-order valence-corrected chi connectivity index (χ0v) is 41.2. The monoisotopic (exact) mass is 907 g/mol. The Morgan fingerprint density at radius 3 is 1.35 bits per heavy atom. The van der Waals surface area contributed by atoms with Crippen LogP contribution < -0.4 is 0 Å². The van der Waals surface area contributed by atoms with E-state index in [9.17, 15) is 19.4 Å². The van der Waals surface area contributed by atoms with Gasteiger partial charge in [0.2, 0.25) is 0 Å². The van der Waals surface area contributed by atoms with Crippen LogP contribution in [0.4, 0.5) is 0 Å². The van der Waals surface area contributed by atoms with Crippen LogP contribution in [0.1, 0.15) is 213 Å². The summed E-state index contributed by atoms with van der Waals surface area (Å²) < 4.78 is 33.5. The van der Waals surface area contributed by atoms with E-state index >= 15 is 0 Å². The topological polar surface area (TPSA) is 132 Å². The number of hydrogen-bond donors (Lipinski definition) is 3. The van der Waals surface area contributed by atoms with E-state index in [2.05, 4.69) is 86.8 Å². The molecular formula is C53H95O9P. The van der Waals surface area contributed by atoms with Crippen molar-refractivity contribution in [2.75, 3.05) is 33.0 Å². The molecule has 63 heavy (non-hydrogen) atoms. The maximum absolute atomic E-state index is 12.7. The molecule has 0 aromatic rings. The van der Waals surface area contributed by atoms with Crippen LogP contribution in [0.15, 0.2) is 72.9 Å². The van der Waals surface area contributed by atoms with Gasteiger partial charge in [-0.25, -0.2) is 4.57 Å². The molecule has 0 saturated heterocycles. The van der Waals surface area contributed by atoms with E-state index in [0.29, 0.717) is 6.61 Å². The van der Waals surface area contributed by atoms with E-state index in [1.54, 1.807) is 0 Å². The third-order valence-corrected chi connectivity index (χ3v) is 11.6. The van der Waals surface area contributed by atoms with Crippen LogP contribution in [-0.2, 0) is 27.9 Å². The number of rotatable bonds is 48. The van der Waals surface area contributed by atoms with Crippen LogP contribution in [0.3, 0.4) is 0 Å². The van der Waals surface area contributed by atoms with Gasteiger partial charge in [0, 0.05) is 13.0 Å².